The molecular weight excluding hydrogens is 332 g/mol. The van der Waals surface area contributed by atoms with E-state index in [0.29, 0.717) is 18.8 Å². The number of rotatable bonds is 11. The first-order chi connectivity index (χ1) is 11.9. The van der Waals surface area contributed by atoms with Gasteiger partial charge in [-0.1, -0.05) is 41.5 Å². The van der Waals surface area contributed by atoms with Crippen LogP contribution in [0.15, 0.2) is 0 Å². The molecule has 0 saturated heterocycles. The molecule has 0 aromatic carbocycles. The fraction of sp³-hybridized carbons (Fsp3) is 0.842. The molecule has 7 nitrogen and oxygen atoms in total. The molecule has 0 bridgehead atoms. The Labute approximate surface area is 158 Å². The molecule has 3 amide bonds. The third-order valence-corrected chi connectivity index (χ3v) is 4.44. The topological polar surface area (TPSA) is 105 Å². The van der Waals surface area contributed by atoms with E-state index in [0.717, 1.165) is 0 Å². The van der Waals surface area contributed by atoms with E-state index in [1.165, 1.54) is 4.90 Å². The summed E-state index contributed by atoms with van der Waals surface area (Å²) in [5, 5.41) is 5.86. The predicted molar refractivity (Wildman–Crippen MR) is 104 cm³/mol. The summed E-state index contributed by atoms with van der Waals surface area (Å²) in [6.07, 6.45) is 1.16. The van der Waals surface area contributed by atoms with Gasteiger partial charge in [0.2, 0.25) is 17.7 Å². The van der Waals surface area contributed by atoms with Crippen LogP contribution in [-0.2, 0) is 14.4 Å². The van der Waals surface area contributed by atoms with Gasteiger partial charge in [-0.15, -0.1) is 0 Å². The molecule has 0 aliphatic rings. The van der Waals surface area contributed by atoms with Gasteiger partial charge in [-0.25, -0.2) is 0 Å². The van der Waals surface area contributed by atoms with Crippen LogP contribution < -0.4 is 16.4 Å². The first kappa shape index (κ1) is 24.4. The van der Waals surface area contributed by atoms with E-state index in [4.69, 9.17) is 5.73 Å². The maximum Gasteiger partial charge on any atom is 0.245 e. The van der Waals surface area contributed by atoms with Crippen LogP contribution >= 0.6 is 0 Å². The minimum atomic E-state index is -0.704. The highest BCUT2D eigenvalue weighted by Gasteiger charge is 2.34. The van der Waals surface area contributed by atoms with Crippen LogP contribution in [0.1, 0.15) is 54.4 Å². The smallest absolute Gasteiger partial charge is 0.245 e. The SMILES string of the molecule is CN[C@@H](CC(C)C)C(=O)N[C@H](C(=O)N(C)C(CC(C)C)C(N)=O)C(C)C. The summed E-state index contributed by atoms with van der Waals surface area (Å²) in [5.74, 6) is -0.582. The molecule has 4 N–H and O–H groups in total. The number of nitrogens with one attached hydrogen (secondary N) is 2. The van der Waals surface area contributed by atoms with Gasteiger partial charge in [0.1, 0.15) is 12.1 Å². The molecule has 7 heteroatoms. The van der Waals surface area contributed by atoms with E-state index in [9.17, 15) is 14.4 Å². The van der Waals surface area contributed by atoms with Crippen molar-refractivity contribution in [2.45, 2.75) is 72.5 Å². The maximum absolute atomic E-state index is 13.0. The van der Waals surface area contributed by atoms with Gasteiger partial charge >= 0.3 is 0 Å². The Hall–Kier alpha value is -1.63. The summed E-state index contributed by atoms with van der Waals surface area (Å²) in [5.41, 5.74) is 5.50. The molecule has 3 atom stereocenters. The summed E-state index contributed by atoms with van der Waals surface area (Å²) in [4.78, 5) is 38.7. The van der Waals surface area contributed by atoms with Crippen LogP contribution in [0.3, 0.4) is 0 Å². The second-order valence-electron chi connectivity index (χ2n) is 8.20. The first-order valence-electron chi connectivity index (χ1n) is 9.45. The number of carbonyl (C=O) groups is 3. The summed E-state index contributed by atoms with van der Waals surface area (Å²) in [6, 6.07) is -1.75. The third-order valence-electron chi connectivity index (χ3n) is 4.44. The van der Waals surface area contributed by atoms with Gasteiger partial charge in [-0.3, -0.25) is 14.4 Å². The Kier molecular flexibility index (Phi) is 10.5. The highest BCUT2D eigenvalue weighted by Crippen LogP contribution is 2.14. The number of likely N-dealkylation sites (N-methyl/N-ethyl adjacent to an activating group) is 2. The van der Waals surface area contributed by atoms with E-state index < -0.39 is 18.0 Å². The lowest BCUT2D eigenvalue weighted by molar-refractivity contribution is -0.142. The summed E-state index contributed by atoms with van der Waals surface area (Å²) < 4.78 is 0. The number of carbonyl (C=O) groups excluding carboxylic acids is 3. The van der Waals surface area contributed by atoms with Crippen LogP contribution in [0.25, 0.3) is 0 Å². The Balaban J connectivity index is 5.31. The van der Waals surface area contributed by atoms with Crippen molar-refractivity contribution >= 4 is 17.7 Å². The van der Waals surface area contributed by atoms with Crippen molar-refractivity contribution in [3.63, 3.8) is 0 Å². The van der Waals surface area contributed by atoms with Crippen molar-refractivity contribution in [1.29, 1.82) is 0 Å². The van der Waals surface area contributed by atoms with E-state index in [1.807, 2.05) is 41.5 Å². The normalized spacial score (nSPS) is 15.0. The highest BCUT2D eigenvalue weighted by atomic mass is 16.2. The Morgan fingerprint density at radius 2 is 1.46 bits per heavy atom. The molecule has 0 aliphatic heterocycles. The number of hydrogen-bond acceptors (Lipinski definition) is 4. The van der Waals surface area contributed by atoms with Crippen LogP contribution in [-0.4, -0.2) is 54.8 Å². The molecule has 0 radical (unpaired) electrons. The molecule has 0 fully saturated rings. The molecule has 0 aliphatic carbocycles. The second kappa shape index (κ2) is 11.2. The number of amides is 3. The fourth-order valence-corrected chi connectivity index (χ4v) is 2.88. The molecule has 0 spiro atoms. The zero-order valence-corrected chi connectivity index (χ0v) is 17.6. The number of hydrogen-bond donors (Lipinski definition) is 3. The summed E-state index contributed by atoms with van der Waals surface area (Å²) in [6.45, 7) is 11.8. The van der Waals surface area contributed by atoms with Crippen molar-refractivity contribution in [3.05, 3.63) is 0 Å². The molecule has 0 rings (SSSR count). The Morgan fingerprint density at radius 1 is 0.962 bits per heavy atom. The maximum atomic E-state index is 13.0. The van der Waals surface area contributed by atoms with Crippen LogP contribution in [0.5, 0.6) is 0 Å². The minimum Gasteiger partial charge on any atom is -0.368 e. The second-order valence-corrected chi connectivity index (χ2v) is 8.20. The average molecular weight is 371 g/mol. The van der Waals surface area contributed by atoms with Crippen LogP contribution in [0, 0.1) is 17.8 Å². The van der Waals surface area contributed by atoms with Gasteiger partial charge < -0.3 is 21.3 Å². The third kappa shape index (κ3) is 7.72. The zero-order chi connectivity index (χ0) is 20.6. The summed E-state index contributed by atoms with van der Waals surface area (Å²) >= 11 is 0. The molecule has 0 heterocycles. The minimum absolute atomic E-state index is 0.113. The van der Waals surface area contributed by atoms with Crippen molar-refractivity contribution in [2.75, 3.05) is 14.1 Å². The number of primary amides is 1. The van der Waals surface area contributed by atoms with Crippen molar-refractivity contribution < 1.29 is 14.4 Å². The largest absolute Gasteiger partial charge is 0.368 e. The number of nitrogens with zero attached hydrogens (tertiary/aromatic N) is 1. The lowest BCUT2D eigenvalue weighted by Crippen LogP contribution is -2.57. The van der Waals surface area contributed by atoms with Gasteiger partial charge in [0.15, 0.2) is 0 Å². The van der Waals surface area contributed by atoms with Gasteiger partial charge in [-0.05, 0) is 37.6 Å². The van der Waals surface area contributed by atoms with Crippen molar-refractivity contribution in [1.82, 2.24) is 15.5 Å². The Bertz CT molecular complexity index is 477. The van der Waals surface area contributed by atoms with Crippen LogP contribution in [0.4, 0.5) is 0 Å². The standard InChI is InChI=1S/C19H38N4O3/c1-11(2)9-14(21-7)18(25)22-16(13(5)6)19(26)23(8)15(17(20)24)10-12(3)4/h11-16,21H,9-10H2,1-8H3,(H2,20,24)(H,22,25)/t14-,15?,16-/m0/s1. The molecular formula is C19H38N4O3. The Morgan fingerprint density at radius 3 is 1.81 bits per heavy atom. The quantitative estimate of drug-likeness (QED) is 0.507. The highest BCUT2D eigenvalue weighted by molar-refractivity contribution is 5.92. The molecule has 0 aromatic rings. The van der Waals surface area contributed by atoms with Gasteiger partial charge in [-0.2, -0.15) is 0 Å². The average Bonchev–Trinajstić information content (AvgIpc) is 2.52. The van der Waals surface area contributed by atoms with E-state index in [1.54, 1.807) is 14.1 Å². The fourth-order valence-electron chi connectivity index (χ4n) is 2.88. The lowest BCUT2D eigenvalue weighted by atomic mass is 9.97. The molecule has 152 valence electrons. The summed E-state index contributed by atoms with van der Waals surface area (Å²) in [7, 11) is 3.31. The molecule has 1 unspecified atom stereocenters. The van der Waals surface area contributed by atoms with E-state index in [2.05, 4.69) is 10.6 Å². The van der Waals surface area contributed by atoms with Gasteiger partial charge in [0, 0.05) is 7.05 Å². The van der Waals surface area contributed by atoms with Crippen molar-refractivity contribution in [2.24, 2.45) is 23.5 Å². The molecule has 0 aromatic heterocycles. The molecule has 0 saturated carbocycles. The number of nitrogens with two attached hydrogens (primary N) is 1. The van der Waals surface area contributed by atoms with Gasteiger partial charge in [0.25, 0.3) is 0 Å². The lowest BCUT2D eigenvalue weighted by Gasteiger charge is -2.33. The predicted octanol–water partition coefficient (Wildman–Crippen LogP) is 1.12. The monoisotopic (exact) mass is 370 g/mol. The molecule has 26 heavy (non-hydrogen) atoms. The van der Waals surface area contributed by atoms with E-state index in [-0.39, 0.29) is 29.7 Å². The van der Waals surface area contributed by atoms with Crippen LogP contribution in [0.2, 0.25) is 0 Å². The van der Waals surface area contributed by atoms with E-state index >= 15 is 0 Å². The zero-order valence-electron chi connectivity index (χ0n) is 17.6. The van der Waals surface area contributed by atoms with Crippen molar-refractivity contribution in [3.8, 4) is 0 Å². The first-order valence-corrected chi connectivity index (χ1v) is 9.45. The van der Waals surface area contributed by atoms with Gasteiger partial charge in [0.05, 0.1) is 6.04 Å².